The average Bonchev–Trinajstić information content (AvgIpc) is 1.62. The van der Waals surface area contributed by atoms with Crippen molar-refractivity contribution in [2.45, 2.75) is 32.6 Å². The van der Waals surface area contributed by atoms with Crippen LogP contribution in [0.5, 0.6) is 23.0 Å². The first-order valence-electron chi connectivity index (χ1n) is 40.9. The summed E-state index contributed by atoms with van der Waals surface area (Å²) < 4.78 is 147. The number of nitrogens with two attached hydrogens (primary N) is 4. The number of ether oxygens (including phenoxy) is 4. The predicted octanol–water partition coefficient (Wildman–Crippen LogP) is 14.3. The molecule has 0 radical (unpaired) electrons. The minimum absolute atomic E-state index is 0.102. The molecule has 0 bridgehead atoms. The van der Waals surface area contributed by atoms with E-state index in [1.165, 1.54) is 48.5 Å². The summed E-state index contributed by atoms with van der Waals surface area (Å²) in [6, 6.07) is 37.1. The lowest BCUT2D eigenvalue weighted by atomic mass is 10.1. The molecule has 17 rings (SSSR count). The number of halogens is 9. The first-order valence-corrected chi connectivity index (χ1v) is 43.0. The normalized spacial score (nSPS) is 11.2. The van der Waals surface area contributed by atoms with Gasteiger partial charge in [0, 0.05) is 91.9 Å². The van der Waals surface area contributed by atoms with Gasteiger partial charge in [0.25, 0.3) is 0 Å². The Labute approximate surface area is 766 Å². The molecule has 11 aromatic heterocycles. The van der Waals surface area contributed by atoms with Gasteiger partial charge < -0.3 is 62.7 Å². The molecular formula is C88H85ClF8N30O4S2. The molecule has 686 valence electrons. The Morgan fingerprint density at radius 3 is 1.14 bits per heavy atom. The number of nitrogen functional groups attached to an aromatic ring is 4. The zero-order valence-corrected chi connectivity index (χ0v) is 74.6. The van der Waals surface area contributed by atoms with Crippen molar-refractivity contribution in [2.75, 3.05) is 111 Å². The lowest BCUT2D eigenvalue weighted by Crippen LogP contribution is -2.16. The van der Waals surface area contributed by atoms with E-state index in [-0.39, 0.29) is 119 Å². The fraction of sp³-hybridized carbons (Fsp3) is 0.216. The van der Waals surface area contributed by atoms with Crippen LogP contribution in [-0.4, -0.2) is 203 Å². The van der Waals surface area contributed by atoms with Gasteiger partial charge in [-0.25, -0.2) is 37.5 Å². The number of hydrogen-bond acceptors (Lipinski definition) is 31. The van der Waals surface area contributed by atoms with Crippen molar-refractivity contribution in [3.63, 3.8) is 0 Å². The topological polar surface area (TPSA) is 424 Å². The van der Waals surface area contributed by atoms with E-state index in [1.807, 2.05) is 73.9 Å². The highest BCUT2D eigenvalue weighted by atomic mass is 35.5. The fourth-order valence-corrected chi connectivity index (χ4v) is 15.4. The second kappa shape index (κ2) is 43.6. The second-order valence-corrected chi connectivity index (χ2v) is 32.0. The highest BCUT2D eigenvalue weighted by Crippen LogP contribution is 2.41. The van der Waals surface area contributed by atoms with Crippen molar-refractivity contribution in [3.05, 3.63) is 233 Å². The monoisotopic (exact) mass is 1880 g/mol. The number of aryl methyl sites for hydroxylation is 2. The number of rotatable bonds is 32. The summed E-state index contributed by atoms with van der Waals surface area (Å²) in [6.45, 7) is 5.87. The fourth-order valence-electron chi connectivity index (χ4n) is 13.3. The third kappa shape index (κ3) is 22.1. The van der Waals surface area contributed by atoms with Crippen LogP contribution in [0, 0.1) is 53.5 Å². The predicted molar refractivity (Wildman–Crippen MR) is 489 cm³/mol. The summed E-state index contributed by atoms with van der Waals surface area (Å²) in [5.41, 5.74) is 30.9. The maximum absolute atomic E-state index is 15.0. The van der Waals surface area contributed by atoms with Gasteiger partial charge in [0.15, 0.2) is 69.6 Å². The van der Waals surface area contributed by atoms with Crippen molar-refractivity contribution < 1.29 is 54.1 Å². The first-order chi connectivity index (χ1) is 64.4. The SMILES string of the molecule is CN(C)CCCOc1ccc(-n2nnnc2-c2cc(-c3cnn(C)c3)cnc2N)c(F)c1F.CNCCCOc1ccc(-n2nnnc2-c2cc(-c3cc(C)cs3)cnc2N)c(F)c1F.CNCCCOc1ccc(-n2nnnc2-c2cc(-c3cc4ccccc4s3)cnc2N)c(F)c1F.CNCCCOc1ccc(-n2nnnc2-c2cc(-c3cccc(Cl)c3)cnc2N)c(F)c1F. The number of nitrogens with zero attached hydrogens (tertiary/aromatic N) is 23. The second-order valence-electron chi connectivity index (χ2n) is 29.6. The average molecular weight is 1880 g/mol. The van der Waals surface area contributed by atoms with Gasteiger partial charge in [-0.2, -0.15) is 41.4 Å². The van der Waals surface area contributed by atoms with E-state index < -0.39 is 46.5 Å². The summed E-state index contributed by atoms with van der Waals surface area (Å²) in [5.74, 6) is -8.62. The van der Waals surface area contributed by atoms with Crippen LogP contribution >= 0.6 is 34.3 Å². The Kier molecular flexibility index (Phi) is 30.9. The van der Waals surface area contributed by atoms with Crippen molar-refractivity contribution in [2.24, 2.45) is 7.05 Å². The molecule has 0 aliphatic heterocycles. The number of nitrogens with one attached hydrogen (secondary N) is 3. The zero-order valence-electron chi connectivity index (χ0n) is 72.2. The van der Waals surface area contributed by atoms with Crippen molar-refractivity contribution in [1.82, 2.24) is 131 Å². The lowest BCUT2D eigenvalue weighted by Gasteiger charge is -2.13. The summed E-state index contributed by atoms with van der Waals surface area (Å²) >= 11 is 9.27. The van der Waals surface area contributed by atoms with E-state index in [2.05, 4.69) is 109 Å². The molecule has 0 aliphatic rings. The van der Waals surface area contributed by atoms with Gasteiger partial charge in [-0.05, 0) is 254 Å². The van der Waals surface area contributed by atoms with Crippen molar-refractivity contribution in [1.29, 1.82) is 0 Å². The van der Waals surface area contributed by atoms with Crippen LogP contribution in [-0.2, 0) is 7.05 Å². The van der Waals surface area contributed by atoms with Gasteiger partial charge in [0.2, 0.25) is 23.3 Å². The Morgan fingerprint density at radius 2 is 0.782 bits per heavy atom. The van der Waals surface area contributed by atoms with E-state index in [4.69, 9.17) is 53.5 Å². The van der Waals surface area contributed by atoms with Crippen molar-refractivity contribution >= 4 is 67.6 Å². The van der Waals surface area contributed by atoms with Crippen LogP contribution in [0.3, 0.4) is 0 Å². The quantitative estimate of drug-likeness (QED) is 0.0152. The van der Waals surface area contributed by atoms with Gasteiger partial charge in [0.05, 0.1) is 54.9 Å². The summed E-state index contributed by atoms with van der Waals surface area (Å²) in [5, 5.41) is 62.6. The number of pyridine rings is 4. The molecule has 0 unspecified atom stereocenters. The van der Waals surface area contributed by atoms with Crippen LogP contribution in [0.1, 0.15) is 31.2 Å². The number of thiophene rings is 2. The summed E-state index contributed by atoms with van der Waals surface area (Å²) in [4.78, 5) is 20.9. The first kappa shape index (κ1) is 94.2. The van der Waals surface area contributed by atoms with Crippen LogP contribution in [0.25, 0.3) is 122 Å². The van der Waals surface area contributed by atoms with E-state index in [9.17, 15) is 30.7 Å². The smallest absolute Gasteiger partial charge is 0.202 e. The molecule has 0 amide bonds. The molecule has 0 fully saturated rings. The molecule has 0 atom stereocenters. The lowest BCUT2D eigenvalue weighted by molar-refractivity contribution is 0.267. The van der Waals surface area contributed by atoms with Gasteiger partial charge in [-0.1, -0.05) is 41.9 Å². The Hall–Kier alpha value is -15.0. The van der Waals surface area contributed by atoms with Gasteiger partial charge in [-0.15, -0.1) is 43.1 Å². The minimum atomic E-state index is -1.15. The number of fused-ring (bicyclic) bond motifs is 1. The van der Waals surface area contributed by atoms with E-state index in [0.717, 1.165) is 78.5 Å². The largest absolute Gasteiger partial charge is 0.490 e. The molecule has 0 spiro atoms. The van der Waals surface area contributed by atoms with Crippen LogP contribution in [0.15, 0.2) is 176 Å². The summed E-state index contributed by atoms with van der Waals surface area (Å²) in [6.07, 6.45) is 12.6. The highest BCUT2D eigenvalue weighted by molar-refractivity contribution is 7.22. The van der Waals surface area contributed by atoms with Crippen LogP contribution < -0.4 is 57.8 Å². The molecule has 133 heavy (non-hydrogen) atoms. The molecular weight excluding hydrogens is 1790 g/mol. The van der Waals surface area contributed by atoms with E-state index in [0.29, 0.717) is 78.2 Å². The molecule has 17 aromatic rings. The number of tetrazole rings is 4. The van der Waals surface area contributed by atoms with Crippen LogP contribution in [0.2, 0.25) is 5.02 Å². The van der Waals surface area contributed by atoms with E-state index in [1.54, 1.807) is 129 Å². The number of benzene rings is 6. The molecule has 45 heteroatoms. The van der Waals surface area contributed by atoms with Crippen molar-refractivity contribution in [3.8, 4) is 134 Å². The molecule has 11 heterocycles. The molecule has 0 aliphatic carbocycles. The molecule has 11 N–H and O–H groups in total. The van der Waals surface area contributed by atoms with Gasteiger partial charge in [-0.3, -0.25) is 4.68 Å². The molecule has 0 saturated carbocycles. The molecule has 34 nitrogen and oxygen atoms in total. The zero-order chi connectivity index (χ0) is 93.9. The number of aromatic nitrogens is 22. The minimum Gasteiger partial charge on any atom is -0.490 e. The van der Waals surface area contributed by atoms with Crippen LogP contribution in [0.4, 0.5) is 58.4 Å². The van der Waals surface area contributed by atoms with E-state index >= 15 is 4.39 Å². The van der Waals surface area contributed by atoms with Gasteiger partial charge >= 0.3 is 0 Å². The number of anilines is 4. The molecule has 0 saturated heterocycles. The summed E-state index contributed by atoms with van der Waals surface area (Å²) in [7, 11) is 11.0. The highest BCUT2D eigenvalue weighted by Gasteiger charge is 2.29. The Bertz CT molecular complexity index is 6880. The third-order valence-electron chi connectivity index (χ3n) is 19.9. The standard InChI is InChI=1S/C24H21F2N7OS.C22H20ClF2N7O.C21H23F2N9O.C21H21F2N7OS/c1-28-9-4-10-34-18-8-7-17(21(25)22(18)26)33-24(30-31-32-33)16-11-15(13-29-23(16)27)20-12-14-5-2-3-6-19(14)35-20;1-27-8-3-9-33-18-7-6-17(19(24)20(18)25)32-22(29-30-31-32)16-11-14(12-28-21(16)26)13-4-2-5-15(23)10-13;1-30(2)7-4-8-33-17-6-5-16(18(22)19(17)23)32-21(27-28-29-32)15-9-13(10-25-20(15)24)14-11-26-31(3)12-14;1-12-8-17(32-11-12)13-9-14(20(24)26-10-13)21-27-28-29-30(21)15-4-5-16(19(23)18(15)22)31-7-3-6-25-2/h2-3,5-8,11-13,28H,4,9-10H2,1H3,(H2,27,29);2,4-7,10-12,27H,3,8-9H2,1H3,(H2,26,28);5-6,9-12H,4,7-8H2,1-3H3,(H2,24,25);4-5,8-11,25H,3,6-7H2,1-2H3,(H2,24,26). The third-order valence-corrected chi connectivity index (χ3v) is 22.4. The Morgan fingerprint density at radius 1 is 0.406 bits per heavy atom. The molecule has 6 aromatic carbocycles. The maximum Gasteiger partial charge on any atom is 0.202 e. The maximum atomic E-state index is 15.0. The van der Waals surface area contributed by atoms with Gasteiger partial charge in [0.1, 0.15) is 46.0 Å². The number of hydrogen-bond donors (Lipinski definition) is 7. The Balaban J connectivity index is 0.000000143.